The van der Waals surface area contributed by atoms with E-state index in [-0.39, 0.29) is 11.9 Å². The van der Waals surface area contributed by atoms with Crippen LogP contribution in [0, 0.1) is 0 Å². The monoisotopic (exact) mass is 359 g/mol. The Kier molecular flexibility index (Phi) is 4.41. The fraction of sp³-hybridized carbons (Fsp3) is 0.188. The van der Waals surface area contributed by atoms with Gasteiger partial charge in [-0.2, -0.15) is 0 Å². The number of carbonyl (C=O) groups excluding carboxylic acids is 1. The number of primary amides is 1. The Hall–Kier alpha value is -2.94. The maximum absolute atomic E-state index is 12.1. The van der Waals surface area contributed by atoms with Crippen LogP contribution in [0.1, 0.15) is 18.7 Å². The molecule has 4 N–H and O–H groups in total. The van der Waals surface area contributed by atoms with Crippen LogP contribution in [0.25, 0.3) is 10.9 Å². The highest BCUT2D eigenvalue weighted by molar-refractivity contribution is 7.93. The second-order valence-corrected chi connectivity index (χ2v) is 7.39. The molecule has 2 aromatic rings. The van der Waals surface area contributed by atoms with Crippen LogP contribution in [0.2, 0.25) is 0 Å². The van der Waals surface area contributed by atoms with Crippen molar-refractivity contribution in [3.05, 3.63) is 54.0 Å². The van der Waals surface area contributed by atoms with Crippen LogP contribution in [0.4, 0.5) is 5.82 Å². The quantitative estimate of drug-likeness (QED) is 0.730. The van der Waals surface area contributed by atoms with Crippen LogP contribution in [-0.4, -0.2) is 30.0 Å². The molecule has 1 aliphatic heterocycles. The summed E-state index contributed by atoms with van der Waals surface area (Å²) in [5.74, 6) is -1.70. The molecule has 0 spiro atoms. The molecule has 25 heavy (non-hydrogen) atoms. The van der Waals surface area contributed by atoms with E-state index in [0.717, 1.165) is 11.0 Å². The van der Waals surface area contributed by atoms with E-state index in [1.165, 1.54) is 0 Å². The van der Waals surface area contributed by atoms with Crippen molar-refractivity contribution in [2.45, 2.75) is 13.0 Å². The number of aromatic nitrogens is 2. The minimum absolute atomic E-state index is 0.0681. The number of nitrogens with one attached hydrogen (secondary N) is 2. The van der Waals surface area contributed by atoms with Gasteiger partial charge >= 0.3 is 0 Å². The van der Waals surface area contributed by atoms with Crippen LogP contribution in [0.5, 0.6) is 0 Å². The lowest BCUT2D eigenvalue weighted by Gasteiger charge is -2.21. The molecule has 9 heteroatoms. The molecule has 0 aromatic carbocycles. The van der Waals surface area contributed by atoms with Gasteiger partial charge in [-0.1, -0.05) is 12.1 Å². The Morgan fingerprint density at radius 2 is 2.24 bits per heavy atom. The molecule has 8 nitrogen and oxygen atoms in total. The largest absolute Gasteiger partial charge is 0.379 e. The SMILES string of the molecule is CC1=CC=CNC1c1cc2cccnc2c(NS(=O)(=O)CC(N)=O)n1. The van der Waals surface area contributed by atoms with Crippen molar-refractivity contribution in [3.8, 4) is 0 Å². The van der Waals surface area contributed by atoms with Gasteiger partial charge in [0.05, 0.1) is 11.7 Å². The summed E-state index contributed by atoms with van der Waals surface area (Å²) < 4.78 is 26.5. The molecule has 3 rings (SSSR count). The molecule has 1 atom stereocenters. The number of allylic oxidation sites excluding steroid dienone is 2. The van der Waals surface area contributed by atoms with E-state index in [4.69, 9.17) is 5.73 Å². The summed E-state index contributed by atoms with van der Waals surface area (Å²) in [5, 5.41) is 3.92. The number of hydrogen-bond donors (Lipinski definition) is 3. The van der Waals surface area contributed by atoms with E-state index in [9.17, 15) is 13.2 Å². The number of anilines is 1. The Balaban J connectivity index is 2.09. The second kappa shape index (κ2) is 6.52. The number of rotatable bonds is 5. The molecule has 0 radical (unpaired) electrons. The first kappa shape index (κ1) is 16.9. The summed E-state index contributed by atoms with van der Waals surface area (Å²) in [5.41, 5.74) is 7.05. The van der Waals surface area contributed by atoms with Crippen molar-refractivity contribution in [3.63, 3.8) is 0 Å². The lowest BCUT2D eigenvalue weighted by Crippen LogP contribution is -2.28. The molecular weight excluding hydrogens is 342 g/mol. The van der Waals surface area contributed by atoms with Gasteiger partial charge in [-0.05, 0) is 36.9 Å². The summed E-state index contributed by atoms with van der Waals surface area (Å²) in [4.78, 5) is 19.6. The summed E-state index contributed by atoms with van der Waals surface area (Å²) in [6.45, 7) is 1.95. The number of nitrogens with two attached hydrogens (primary N) is 1. The van der Waals surface area contributed by atoms with Gasteiger partial charge in [0, 0.05) is 11.6 Å². The van der Waals surface area contributed by atoms with E-state index in [2.05, 4.69) is 20.0 Å². The van der Waals surface area contributed by atoms with Gasteiger partial charge in [-0.15, -0.1) is 0 Å². The van der Waals surface area contributed by atoms with Gasteiger partial charge in [0.2, 0.25) is 15.9 Å². The minimum atomic E-state index is -3.96. The van der Waals surface area contributed by atoms with Crippen molar-refractivity contribution >= 4 is 32.7 Å². The summed E-state index contributed by atoms with van der Waals surface area (Å²) in [7, 11) is -3.96. The first-order valence-corrected chi connectivity index (χ1v) is 9.15. The molecule has 2 aromatic heterocycles. The minimum Gasteiger partial charge on any atom is -0.379 e. The standard InChI is InChI=1S/C16H17N5O3S/c1-10-4-2-6-18-14(10)12-8-11-5-3-7-19-15(11)16(20-12)21-25(23,24)9-13(17)22/h2-8,14,18H,9H2,1H3,(H2,17,22)(H,20,21). The number of dihydropyridines is 1. The smallest absolute Gasteiger partial charge is 0.243 e. The first-order valence-electron chi connectivity index (χ1n) is 7.49. The van der Waals surface area contributed by atoms with E-state index in [1.54, 1.807) is 18.5 Å². The van der Waals surface area contributed by atoms with Crippen LogP contribution in [0.15, 0.2) is 48.3 Å². The third-order valence-corrected chi connectivity index (χ3v) is 4.83. The number of amides is 1. The fourth-order valence-corrected chi connectivity index (χ4v) is 3.48. The van der Waals surface area contributed by atoms with Gasteiger partial charge in [-0.3, -0.25) is 14.5 Å². The highest BCUT2D eigenvalue weighted by atomic mass is 32.2. The zero-order chi connectivity index (χ0) is 18.0. The van der Waals surface area contributed by atoms with E-state index in [0.29, 0.717) is 11.2 Å². The van der Waals surface area contributed by atoms with Crippen LogP contribution in [-0.2, 0) is 14.8 Å². The molecule has 0 bridgehead atoms. The molecule has 1 amide bonds. The van der Waals surface area contributed by atoms with Crippen LogP contribution < -0.4 is 15.8 Å². The highest BCUT2D eigenvalue weighted by Crippen LogP contribution is 2.28. The normalized spacial score (nSPS) is 17.0. The third kappa shape index (κ3) is 3.77. The van der Waals surface area contributed by atoms with Crippen molar-refractivity contribution in [2.75, 3.05) is 10.5 Å². The van der Waals surface area contributed by atoms with Gasteiger partial charge in [-0.25, -0.2) is 13.4 Å². The number of pyridine rings is 2. The highest BCUT2D eigenvalue weighted by Gasteiger charge is 2.21. The predicted molar refractivity (Wildman–Crippen MR) is 94.9 cm³/mol. The molecular formula is C16H17N5O3S. The average molecular weight is 359 g/mol. The summed E-state index contributed by atoms with van der Waals surface area (Å²) in [6.07, 6.45) is 7.17. The molecule has 3 heterocycles. The van der Waals surface area contributed by atoms with Gasteiger partial charge < -0.3 is 11.1 Å². The number of fused-ring (bicyclic) bond motifs is 1. The summed E-state index contributed by atoms with van der Waals surface area (Å²) >= 11 is 0. The Morgan fingerprint density at radius 3 is 2.96 bits per heavy atom. The Labute approximate surface area is 144 Å². The topological polar surface area (TPSA) is 127 Å². The van der Waals surface area contributed by atoms with E-state index < -0.39 is 21.7 Å². The third-order valence-electron chi connectivity index (χ3n) is 3.66. The number of carbonyl (C=O) groups is 1. The molecule has 0 aliphatic carbocycles. The molecule has 130 valence electrons. The second-order valence-electron chi connectivity index (χ2n) is 5.67. The Bertz CT molecular complexity index is 998. The van der Waals surface area contributed by atoms with Gasteiger partial charge in [0.15, 0.2) is 5.82 Å². The van der Waals surface area contributed by atoms with Crippen molar-refractivity contribution in [1.29, 1.82) is 0 Å². The fourth-order valence-electron chi connectivity index (χ4n) is 2.59. The molecule has 0 saturated carbocycles. The molecule has 1 unspecified atom stereocenters. The average Bonchev–Trinajstić information content (AvgIpc) is 2.53. The predicted octanol–water partition coefficient (Wildman–Crippen LogP) is 0.961. The first-order chi connectivity index (χ1) is 11.9. The Morgan fingerprint density at radius 1 is 1.44 bits per heavy atom. The maximum atomic E-state index is 12.1. The van der Waals surface area contributed by atoms with Gasteiger partial charge in [0.1, 0.15) is 11.3 Å². The maximum Gasteiger partial charge on any atom is 0.243 e. The van der Waals surface area contributed by atoms with E-state index >= 15 is 0 Å². The molecule has 0 fully saturated rings. The van der Waals surface area contributed by atoms with E-state index in [1.807, 2.05) is 31.2 Å². The summed E-state index contributed by atoms with van der Waals surface area (Å²) in [6, 6.07) is 5.23. The molecule has 1 aliphatic rings. The van der Waals surface area contributed by atoms with Crippen LogP contribution >= 0.6 is 0 Å². The lowest BCUT2D eigenvalue weighted by molar-refractivity contribution is -0.115. The van der Waals surface area contributed by atoms with Crippen LogP contribution in [0.3, 0.4) is 0 Å². The van der Waals surface area contributed by atoms with Gasteiger partial charge in [0.25, 0.3) is 0 Å². The van der Waals surface area contributed by atoms with Crippen molar-refractivity contribution in [1.82, 2.24) is 15.3 Å². The lowest BCUT2D eigenvalue weighted by atomic mass is 10.0. The number of hydrogen-bond acceptors (Lipinski definition) is 6. The number of nitrogens with zero attached hydrogens (tertiary/aromatic N) is 2. The zero-order valence-electron chi connectivity index (χ0n) is 13.4. The molecule has 0 saturated heterocycles. The zero-order valence-corrected chi connectivity index (χ0v) is 14.2. The number of sulfonamides is 1. The van der Waals surface area contributed by atoms with Crippen molar-refractivity contribution in [2.24, 2.45) is 5.73 Å². The van der Waals surface area contributed by atoms with Crippen molar-refractivity contribution < 1.29 is 13.2 Å².